The van der Waals surface area contributed by atoms with Crippen molar-refractivity contribution in [3.8, 4) is 28.3 Å². The summed E-state index contributed by atoms with van der Waals surface area (Å²) in [6.07, 6.45) is 4.97. The molecule has 1 fully saturated rings. The average Bonchev–Trinajstić information content (AvgIpc) is 3.68. The number of pyridine rings is 1. The van der Waals surface area contributed by atoms with Gasteiger partial charge in [-0.25, -0.2) is 19.0 Å². The second-order valence-electron chi connectivity index (χ2n) is 9.84. The van der Waals surface area contributed by atoms with Gasteiger partial charge in [0, 0.05) is 37.9 Å². The smallest absolute Gasteiger partial charge is 0.407 e. The summed E-state index contributed by atoms with van der Waals surface area (Å²) in [5.74, 6) is 0.0139. The zero-order valence-corrected chi connectivity index (χ0v) is 22.0. The van der Waals surface area contributed by atoms with Gasteiger partial charge in [0.25, 0.3) is 0 Å². The number of hydrogen-bond acceptors (Lipinski definition) is 6. The van der Waals surface area contributed by atoms with Crippen LogP contribution in [0.25, 0.3) is 44.5 Å². The highest BCUT2D eigenvalue weighted by molar-refractivity contribution is 6.14. The molecule has 5 aromatic rings. The summed E-state index contributed by atoms with van der Waals surface area (Å²) in [6.45, 7) is 0. The molecule has 2 N–H and O–H groups in total. The Labute approximate surface area is 222 Å². The zero-order chi connectivity index (χ0) is 27.4. The maximum atomic E-state index is 14.6. The van der Waals surface area contributed by atoms with E-state index in [0.717, 1.165) is 0 Å². The minimum absolute atomic E-state index is 0.119. The Bertz CT molecular complexity index is 1800. The Morgan fingerprint density at radius 2 is 2.05 bits per heavy atom. The van der Waals surface area contributed by atoms with Gasteiger partial charge in [0.05, 0.1) is 48.1 Å². The van der Waals surface area contributed by atoms with Gasteiger partial charge in [-0.05, 0) is 37.0 Å². The molecule has 11 nitrogen and oxygen atoms in total. The predicted octanol–water partition coefficient (Wildman–Crippen LogP) is 3.88. The number of carbonyl (C=O) groups excluding carboxylic acids is 1. The molecule has 202 valence electrons. The number of hydrogen-bond donors (Lipinski definition) is 2. The lowest BCUT2D eigenvalue weighted by Crippen LogP contribution is -2.33. The van der Waals surface area contributed by atoms with Gasteiger partial charge < -0.3 is 19.8 Å². The van der Waals surface area contributed by atoms with Crippen LogP contribution in [-0.4, -0.2) is 55.2 Å². The first-order valence-electron chi connectivity index (χ1n) is 12.6. The summed E-state index contributed by atoms with van der Waals surface area (Å²) in [6, 6.07) is 6.05. The highest BCUT2D eigenvalue weighted by Crippen LogP contribution is 2.44. The number of aryl methyl sites for hydroxylation is 2. The third-order valence-corrected chi connectivity index (χ3v) is 7.52. The van der Waals surface area contributed by atoms with E-state index in [1.807, 2.05) is 12.3 Å². The van der Waals surface area contributed by atoms with Crippen LogP contribution in [0.5, 0.6) is 5.88 Å². The van der Waals surface area contributed by atoms with Crippen LogP contribution < -0.4 is 15.7 Å². The lowest BCUT2D eigenvalue weighted by atomic mass is 9.99. The molecule has 2 atom stereocenters. The molecule has 6 rings (SSSR count). The fraction of sp³-hybridized carbons (Fsp3) is 0.333. The van der Waals surface area contributed by atoms with Gasteiger partial charge in [-0.1, -0.05) is 12.1 Å². The first kappa shape index (κ1) is 24.7. The van der Waals surface area contributed by atoms with Crippen molar-refractivity contribution in [1.29, 1.82) is 0 Å². The number of benzene rings is 1. The molecule has 0 aliphatic heterocycles. The maximum absolute atomic E-state index is 14.6. The molecule has 1 aliphatic rings. The second-order valence-corrected chi connectivity index (χ2v) is 9.84. The Morgan fingerprint density at radius 1 is 1.23 bits per heavy atom. The fourth-order valence-corrected chi connectivity index (χ4v) is 5.79. The van der Waals surface area contributed by atoms with Crippen molar-refractivity contribution in [3.63, 3.8) is 0 Å². The van der Waals surface area contributed by atoms with Gasteiger partial charge in [-0.15, -0.1) is 5.10 Å². The number of imidazole rings is 1. The molecule has 12 heteroatoms. The normalized spacial score (nSPS) is 17.3. The van der Waals surface area contributed by atoms with E-state index in [4.69, 9.17) is 9.47 Å². The van der Waals surface area contributed by atoms with Gasteiger partial charge >= 0.3 is 11.8 Å². The highest BCUT2D eigenvalue weighted by atomic mass is 19.1. The Hall–Kier alpha value is -4.61. The summed E-state index contributed by atoms with van der Waals surface area (Å²) in [4.78, 5) is 33.6. The third kappa shape index (κ3) is 3.94. The van der Waals surface area contributed by atoms with Crippen LogP contribution in [0, 0.1) is 5.82 Å². The summed E-state index contributed by atoms with van der Waals surface area (Å²) >= 11 is 0. The van der Waals surface area contributed by atoms with E-state index >= 15 is 0 Å². The van der Waals surface area contributed by atoms with Gasteiger partial charge in [-0.3, -0.25) is 13.8 Å². The van der Waals surface area contributed by atoms with Crippen LogP contribution in [-0.2, 0) is 18.8 Å². The van der Waals surface area contributed by atoms with Crippen molar-refractivity contribution in [1.82, 2.24) is 34.2 Å². The highest BCUT2D eigenvalue weighted by Gasteiger charge is 2.32. The maximum Gasteiger partial charge on any atom is 0.407 e. The minimum Gasteiger partial charge on any atom is -0.479 e. The lowest BCUT2D eigenvalue weighted by molar-refractivity contribution is 0.166. The van der Waals surface area contributed by atoms with Crippen molar-refractivity contribution in [2.75, 3.05) is 14.2 Å². The number of aromatic nitrogens is 6. The molecule has 1 saturated carbocycles. The largest absolute Gasteiger partial charge is 0.479 e. The summed E-state index contributed by atoms with van der Waals surface area (Å²) < 4.78 is 29.9. The SMILES string of the molecule is COC(=O)N[C@@H]1CCC(n2c(=O)n(C)c3cnc4[nH]c(-c5cn(C)nc5OC)c(-c5cccc(F)c5)c4c32)C1. The Morgan fingerprint density at radius 3 is 2.79 bits per heavy atom. The van der Waals surface area contributed by atoms with Crippen molar-refractivity contribution < 1.29 is 18.7 Å². The van der Waals surface area contributed by atoms with E-state index in [2.05, 4.69) is 20.4 Å². The molecule has 1 unspecified atom stereocenters. The molecule has 0 radical (unpaired) electrons. The van der Waals surface area contributed by atoms with Crippen LogP contribution in [0.4, 0.5) is 9.18 Å². The van der Waals surface area contributed by atoms with E-state index in [9.17, 15) is 14.0 Å². The van der Waals surface area contributed by atoms with Gasteiger partial charge in [0.1, 0.15) is 11.5 Å². The minimum atomic E-state index is -0.494. The molecule has 39 heavy (non-hydrogen) atoms. The summed E-state index contributed by atoms with van der Waals surface area (Å²) in [7, 11) is 6.38. The van der Waals surface area contributed by atoms with E-state index in [-0.39, 0.29) is 23.6 Å². The average molecular weight is 534 g/mol. The Kier molecular flexibility index (Phi) is 5.89. The van der Waals surface area contributed by atoms with Crippen molar-refractivity contribution in [2.24, 2.45) is 14.1 Å². The number of halogens is 1. The molecular formula is C27H28FN7O4. The molecule has 1 amide bonds. The van der Waals surface area contributed by atoms with Gasteiger partial charge in [0.2, 0.25) is 5.88 Å². The molecule has 4 heterocycles. The monoisotopic (exact) mass is 533 g/mol. The van der Waals surface area contributed by atoms with E-state index in [1.165, 1.54) is 19.2 Å². The zero-order valence-electron chi connectivity index (χ0n) is 22.0. The number of ether oxygens (including phenoxy) is 2. The molecule has 1 aromatic carbocycles. The van der Waals surface area contributed by atoms with Crippen LogP contribution in [0.2, 0.25) is 0 Å². The van der Waals surface area contributed by atoms with Crippen LogP contribution in [0.3, 0.4) is 0 Å². The van der Waals surface area contributed by atoms with Crippen LogP contribution in [0.1, 0.15) is 25.3 Å². The van der Waals surface area contributed by atoms with Gasteiger partial charge in [0.15, 0.2) is 0 Å². The number of methoxy groups -OCH3 is 2. The summed E-state index contributed by atoms with van der Waals surface area (Å²) in [5.41, 5.74) is 4.35. The number of aromatic amines is 1. The molecule has 0 saturated heterocycles. The number of rotatable bonds is 5. The van der Waals surface area contributed by atoms with E-state index in [0.29, 0.717) is 69.6 Å². The second kappa shape index (κ2) is 9.29. The van der Waals surface area contributed by atoms with Crippen molar-refractivity contribution in [3.05, 3.63) is 53.0 Å². The molecule has 4 aromatic heterocycles. The van der Waals surface area contributed by atoms with E-state index in [1.54, 1.807) is 47.3 Å². The fourth-order valence-electron chi connectivity index (χ4n) is 5.79. The predicted molar refractivity (Wildman–Crippen MR) is 143 cm³/mol. The molecule has 0 spiro atoms. The number of fused-ring (bicyclic) bond motifs is 3. The standard InChI is InChI=1S/C27H28FN7O4/c1-33-13-18(25(32-33)38-3)22-20(14-6-5-7-15(28)10-14)21-23-19(12-29-24(21)31-22)34(2)27(37)35(23)17-9-8-16(11-17)30-26(36)39-4/h5-7,10,12-13,16-17H,8-9,11H2,1-4H3,(H,29,31)(H,30,36)/t16-,17?/m1/s1. The first-order valence-corrected chi connectivity index (χ1v) is 12.6. The van der Waals surface area contributed by atoms with Crippen molar-refractivity contribution >= 4 is 28.2 Å². The van der Waals surface area contributed by atoms with Crippen LogP contribution in [0.15, 0.2) is 41.5 Å². The molecular weight excluding hydrogens is 505 g/mol. The van der Waals surface area contributed by atoms with Gasteiger partial charge in [-0.2, -0.15) is 0 Å². The number of nitrogens with zero attached hydrogens (tertiary/aromatic N) is 5. The van der Waals surface area contributed by atoms with Crippen molar-refractivity contribution in [2.45, 2.75) is 31.3 Å². The lowest BCUT2D eigenvalue weighted by Gasteiger charge is -2.15. The number of nitrogens with one attached hydrogen (secondary N) is 2. The first-order chi connectivity index (χ1) is 18.8. The molecule has 0 bridgehead atoms. The molecule has 1 aliphatic carbocycles. The number of amides is 1. The van der Waals surface area contributed by atoms with E-state index < -0.39 is 6.09 Å². The number of carbonyl (C=O) groups is 1. The number of alkyl carbamates (subject to hydrolysis) is 1. The quantitative estimate of drug-likeness (QED) is 0.354. The topological polar surface area (TPSA) is 121 Å². The summed E-state index contributed by atoms with van der Waals surface area (Å²) in [5, 5.41) is 7.96. The Balaban J connectivity index is 1.66. The van der Waals surface area contributed by atoms with Crippen LogP contribution >= 0.6 is 0 Å². The third-order valence-electron chi connectivity index (χ3n) is 7.52. The number of H-pyrrole nitrogens is 1.